The van der Waals surface area contributed by atoms with Gasteiger partial charge in [-0.1, -0.05) is 31.7 Å². The van der Waals surface area contributed by atoms with Crippen LogP contribution in [0.3, 0.4) is 0 Å². The van der Waals surface area contributed by atoms with Crippen molar-refractivity contribution in [1.82, 2.24) is 24.7 Å². The summed E-state index contributed by atoms with van der Waals surface area (Å²) < 4.78 is 7.28. The summed E-state index contributed by atoms with van der Waals surface area (Å²) in [5.41, 5.74) is 2.27. The maximum Gasteiger partial charge on any atom is 0.0888 e. The van der Waals surface area contributed by atoms with Crippen LogP contribution in [0.4, 0.5) is 0 Å². The van der Waals surface area contributed by atoms with Crippen LogP contribution in [0.15, 0.2) is 10.7 Å². The molecule has 1 N–H and O–H groups in total. The van der Waals surface area contributed by atoms with Crippen LogP contribution in [0.2, 0.25) is 0 Å². The second-order valence-electron chi connectivity index (χ2n) is 4.93. The zero-order chi connectivity index (χ0) is 15.2. The van der Waals surface area contributed by atoms with Crippen molar-refractivity contribution in [2.24, 2.45) is 0 Å². The van der Waals surface area contributed by atoms with Gasteiger partial charge in [0, 0.05) is 6.54 Å². The highest BCUT2D eigenvalue weighted by atomic mass is 79.9. The molecule has 2 heterocycles. The summed E-state index contributed by atoms with van der Waals surface area (Å²) in [4.78, 5) is 1.21. The first kappa shape index (κ1) is 16.6. The Balaban J connectivity index is 2.43. The second kappa shape index (κ2) is 8.00. The summed E-state index contributed by atoms with van der Waals surface area (Å²) in [7, 11) is 0. The van der Waals surface area contributed by atoms with Gasteiger partial charge in [-0.25, -0.2) is 0 Å². The fraction of sp³-hybridized carbons (Fsp3) is 0.643. The van der Waals surface area contributed by atoms with Crippen LogP contribution in [0, 0.1) is 0 Å². The molecule has 0 saturated heterocycles. The van der Waals surface area contributed by atoms with Crippen molar-refractivity contribution in [2.75, 3.05) is 6.54 Å². The Bertz CT molecular complexity index is 565. The maximum absolute atomic E-state index is 4.49. The summed E-state index contributed by atoms with van der Waals surface area (Å²) in [6.07, 6.45) is 4.98. The molecule has 0 saturated carbocycles. The van der Waals surface area contributed by atoms with Crippen LogP contribution in [0.1, 0.15) is 55.9 Å². The van der Waals surface area contributed by atoms with Crippen LogP contribution in [0.5, 0.6) is 0 Å². The van der Waals surface area contributed by atoms with Crippen molar-refractivity contribution < 1.29 is 0 Å². The van der Waals surface area contributed by atoms with E-state index in [0.717, 1.165) is 42.5 Å². The standard InChI is InChI=1S/C14H22BrN5S/c1-4-7-11-14(21-19-18-11)12(16-6-3)13-10(15)9-17-20(13)8-5-2/h9,12,16H,4-8H2,1-3H3. The lowest BCUT2D eigenvalue weighted by molar-refractivity contribution is 0.520. The van der Waals surface area contributed by atoms with E-state index in [2.05, 4.69) is 61.4 Å². The number of halogens is 1. The van der Waals surface area contributed by atoms with Gasteiger partial charge in [-0.2, -0.15) is 5.10 Å². The van der Waals surface area contributed by atoms with Gasteiger partial charge in [0.15, 0.2) is 0 Å². The summed E-state index contributed by atoms with van der Waals surface area (Å²) in [5.74, 6) is 0. The van der Waals surface area contributed by atoms with E-state index in [4.69, 9.17) is 0 Å². The molecule has 1 unspecified atom stereocenters. The quantitative estimate of drug-likeness (QED) is 0.770. The molecule has 2 aromatic heterocycles. The lowest BCUT2D eigenvalue weighted by atomic mass is 10.1. The highest BCUT2D eigenvalue weighted by Gasteiger charge is 2.25. The molecular weight excluding hydrogens is 350 g/mol. The number of nitrogens with zero attached hydrogens (tertiary/aromatic N) is 4. The predicted octanol–water partition coefficient (Wildman–Crippen LogP) is 3.56. The molecule has 0 aliphatic carbocycles. The summed E-state index contributed by atoms with van der Waals surface area (Å²) in [6.45, 7) is 8.26. The Morgan fingerprint density at radius 2 is 2.14 bits per heavy atom. The van der Waals surface area contributed by atoms with E-state index in [1.807, 2.05) is 6.20 Å². The molecule has 0 spiro atoms. The molecule has 1 atom stereocenters. The molecule has 0 amide bonds. The minimum absolute atomic E-state index is 0.0972. The third-order valence-electron chi connectivity index (χ3n) is 3.28. The lowest BCUT2D eigenvalue weighted by Crippen LogP contribution is -2.25. The normalized spacial score (nSPS) is 12.8. The summed E-state index contributed by atoms with van der Waals surface area (Å²) in [6, 6.07) is 0.0972. The molecule has 2 aromatic rings. The van der Waals surface area contributed by atoms with Gasteiger partial charge in [-0.05, 0) is 46.8 Å². The number of aromatic nitrogens is 4. The molecular formula is C14H22BrN5S. The molecule has 0 bridgehead atoms. The average molecular weight is 372 g/mol. The molecule has 21 heavy (non-hydrogen) atoms. The minimum atomic E-state index is 0.0972. The number of aryl methyl sites for hydroxylation is 2. The first-order chi connectivity index (χ1) is 10.2. The minimum Gasteiger partial charge on any atom is -0.304 e. The topological polar surface area (TPSA) is 55.6 Å². The van der Waals surface area contributed by atoms with E-state index in [-0.39, 0.29) is 6.04 Å². The monoisotopic (exact) mass is 371 g/mol. The van der Waals surface area contributed by atoms with Crippen molar-refractivity contribution in [2.45, 2.75) is 52.6 Å². The average Bonchev–Trinajstić information content (AvgIpc) is 3.05. The number of hydrogen-bond acceptors (Lipinski definition) is 5. The third-order valence-corrected chi connectivity index (χ3v) is 4.73. The zero-order valence-electron chi connectivity index (χ0n) is 12.8. The molecule has 5 nitrogen and oxygen atoms in total. The third kappa shape index (κ3) is 3.70. The first-order valence-corrected chi connectivity index (χ1v) is 9.05. The lowest BCUT2D eigenvalue weighted by Gasteiger charge is -2.19. The molecule has 2 rings (SSSR count). The van der Waals surface area contributed by atoms with E-state index in [1.54, 1.807) is 0 Å². The van der Waals surface area contributed by atoms with Crippen LogP contribution in [0.25, 0.3) is 0 Å². The molecule has 0 aliphatic heterocycles. The summed E-state index contributed by atoms with van der Waals surface area (Å²) >= 11 is 5.13. The van der Waals surface area contributed by atoms with Gasteiger partial charge >= 0.3 is 0 Å². The fourth-order valence-corrected chi connectivity index (χ4v) is 3.71. The van der Waals surface area contributed by atoms with Gasteiger partial charge in [0.2, 0.25) is 0 Å². The zero-order valence-corrected chi connectivity index (χ0v) is 15.2. The maximum atomic E-state index is 4.49. The highest BCUT2D eigenvalue weighted by Crippen LogP contribution is 2.32. The SMILES string of the molecule is CCCc1nnsc1C(NCC)c1c(Br)cnn1CCC. The molecule has 116 valence electrons. The second-order valence-corrected chi connectivity index (χ2v) is 6.57. The molecule has 0 fully saturated rings. The van der Waals surface area contributed by atoms with Crippen molar-refractivity contribution in [3.05, 3.63) is 26.9 Å². The Kier molecular flexibility index (Phi) is 6.32. The number of rotatable bonds is 8. The van der Waals surface area contributed by atoms with Crippen molar-refractivity contribution >= 4 is 27.5 Å². The molecule has 7 heteroatoms. The highest BCUT2D eigenvalue weighted by molar-refractivity contribution is 9.10. The molecule has 0 aromatic carbocycles. The van der Waals surface area contributed by atoms with Crippen molar-refractivity contribution in [1.29, 1.82) is 0 Å². The van der Waals surface area contributed by atoms with Crippen molar-refractivity contribution in [3.63, 3.8) is 0 Å². The Morgan fingerprint density at radius 1 is 1.33 bits per heavy atom. The first-order valence-electron chi connectivity index (χ1n) is 7.48. The van der Waals surface area contributed by atoms with E-state index >= 15 is 0 Å². The van der Waals surface area contributed by atoms with Gasteiger partial charge in [0.1, 0.15) is 0 Å². The van der Waals surface area contributed by atoms with E-state index in [9.17, 15) is 0 Å². The van der Waals surface area contributed by atoms with E-state index in [0.29, 0.717) is 0 Å². The van der Waals surface area contributed by atoms with E-state index < -0.39 is 0 Å². The van der Waals surface area contributed by atoms with Gasteiger partial charge < -0.3 is 5.32 Å². The largest absolute Gasteiger partial charge is 0.304 e. The van der Waals surface area contributed by atoms with Gasteiger partial charge in [-0.3, -0.25) is 4.68 Å². The molecule has 0 radical (unpaired) electrons. The summed E-state index contributed by atoms with van der Waals surface area (Å²) in [5, 5.41) is 12.4. The number of nitrogens with one attached hydrogen (secondary N) is 1. The van der Waals surface area contributed by atoms with Crippen LogP contribution >= 0.6 is 27.5 Å². The van der Waals surface area contributed by atoms with Crippen LogP contribution in [-0.2, 0) is 13.0 Å². The van der Waals surface area contributed by atoms with Gasteiger partial charge in [-0.15, -0.1) is 5.10 Å². The Hall–Kier alpha value is -0.790. The van der Waals surface area contributed by atoms with Crippen LogP contribution in [-0.4, -0.2) is 25.9 Å². The van der Waals surface area contributed by atoms with Gasteiger partial charge in [0.25, 0.3) is 0 Å². The fourth-order valence-electron chi connectivity index (χ4n) is 2.41. The number of hydrogen-bond donors (Lipinski definition) is 1. The Labute approximate surface area is 138 Å². The Morgan fingerprint density at radius 3 is 2.81 bits per heavy atom. The molecule has 0 aliphatic rings. The van der Waals surface area contributed by atoms with Gasteiger partial charge in [0.05, 0.1) is 33.0 Å². The van der Waals surface area contributed by atoms with Crippen molar-refractivity contribution in [3.8, 4) is 0 Å². The van der Waals surface area contributed by atoms with Crippen LogP contribution < -0.4 is 5.32 Å². The predicted molar refractivity (Wildman–Crippen MR) is 89.6 cm³/mol. The van der Waals surface area contributed by atoms with E-state index in [1.165, 1.54) is 22.1 Å². The smallest absolute Gasteiger partial charge is 0.0888 e.